The fraction of sp³-hybridized carbons (Fsp3) is 0.375. The number of hydrogen-bond donors (Lipinski definition) is 1. The maximum absolute atomic E-state index is 3.81. The van der Waals surface area contributed by atoms with E-state index in [9.17, 15) is 0 Å². The van der Waals surface area contributed by atoms with Crippen LogP contribution in [0.4, 0.5) is 0 Å². The average Bonchev–Trinajstić information content (AvgIpc) is 3.10. The van der Waals surface area contributed by atoms with Crippen molar-refractivity contribution in [2.45, 2.75) is 31.8 Å². The van der Waals surface area contributed by atoms with Gasteiger partial charge in [0.1, 0.15) is 0 Å². The van der Waals surface area contributed by atoms with Crippen LogP contribution >= 0.6 is 11.3 Å². The van der Waals surface area contributed by atoms with Crippen LogP contribution in [0.15, 0.2) is 47.8 Å². The minimum atomic E-state index is 0.441. The van der Waals surface area contributed by atoms with E-state index >= 15 is 0 Å². The highest BCUT2D eigenvalue weighted by molar-refractivity contribution is 7.10. The lowest BCUT2D eigenvalue weighted by molar-refractivity contribution is 0.431. The van der Waals surface area contributed by atoms with E-state index in [1.165, 1.54) is 23.3 Å². The highest BCUT2D eigenvalue weighted by Crippen LogP contribution is 2.42. The molecule has 0 amide bonds. The van der Waals surface area contributed by atoms with Gasteiger partial charge in [-0.25, -0.2) is 0 Å². The van der Waals surface area contributed by atoms with Crippen LogP contribution in [-0.4, -0.2) is 0 Å². The molecule has 1 fully saturated rings. The normalized spacial score (nSPS) is 18.5. The molecule has 0 aliphatic heterocycles. The second-order valence-electron chi connectivity index (χ2n) is 5.13. The first kappa shape index (κ1) is 11.9. The topological polar surface area (TPSA) is 12.0 Å². The number of rotatable bonds is 5. The van der Waals surface area contributed by atoms with Crippen molar-refractivity contribution in [2.75, 3.05) is 0 Å². The Labute approximate surface area is 113 Å². The summed E-state index contributed by atoms with van der Waals surface area (Å²) in [4.78, 5) is 1.43. The molecule has 1 aliphatic carbocycles. The number of benzene rings is 1. The molecule has 94 valence electrons. The van der Waals surface area contributed by atoms with Gasteiger partial charge < -0.3 is 5.32 Å². The number of hydrogen-bond acceptors (Lipinski definition) is 2. The smallest absolute Gasteiger partial charge is 0.0391 e. The predicted octanol–water partition coefficient (Wildman–Crippen LogP) is 4.55. The van der Waals surface area contributed by atoms with E-state index in [-0.39, 0.29) is 0 Å². The Morgan fingerprint density at radius 1 is 1.11 bits per heavy atom. The van der Waals surface area contributed by atoms with Crippen molar-refractivity contribution < 1.29 is 0 Å². The summed E-state index contributed by atoms with van der Waals surface area (Å²) in [5.74, 6) is 0.829. The summed E-state index contributed by atoms with van der Waals surface area (Å²) in [6, 6.07) is 16.2. The van der Waals surface area contributed by atoms with Crippen molar-refractivity contribution in [1.82, 2.24) is 5.32 Å². The first-order chi connectivity index (χ1) is 8.84. The molecule has 0 saturated heterocycles. The van der Waals surface area contributed by atoms with Gasteiger partial charge in [-0.2, -0.15) is 0 Å². The van der Waals surface area contributed by atoms with E-state index in [4.69, 9.17) is 0 Å². The Morgan fingerprint density at radius 3 is 2.50 bits per heavy atom. The molecular formula is C16H19NS. The zero-order valence-corrected chi connectivity index (χ0v) is 11.5. The van der Waals surface area contributed by atoms with Gasteiger partial charge in [0, 0.05) is 17.0 Å². The quantitative estimate of drug-likeness (QED) is 0.828. The lowest BCUT2D eigenvalue weighted by atomic mass is 10.0. The molecule has 1 saturated carbocycles. The van der Waals surface area contributed by atoms with Gasteiger partial charge in [0.25, 0.3) is 0 Å². The van der Waals surface area contributed by atoms with E-state index in [1.54, 1.807) is 0 Å². The Kier molecular flexibility index (Phi) is 3.48. The largest absolute Gasteiger partial charge is 0.302 e. The molecule has 2 atom stereocenters. The van der Waals surface area contributed by atoms with Gasteiger partial charge in [-0.05, 0) is 42.7 Å². The van der Waals surface area contributed by atoms with Crippen LogP contribution in [0.1, 0.15) is 42.3 Å². The summed E-state index contributed by atoms with van der Waals surface area (Å²) >= 11 is 1.84. The molecule has 0 bridgehead atoms. The highest BCUT2D eigenvalue weighted by Gasteiger charge is 2.33. The first-order valence-corrected chi connectivity index (χ1v) is 7.57. The Balaban J connectivity index is 1.75. The molecule has 1 aromatic heterocycles. The highest BCUT2D eigenvalue weighted by atomic mass is 32.1. The molecule has 3 rings (SSSR count). The van der Waals surface area contributed by atoms with Crippen molar-refractivity contribution in [1.29, 1.82) is 0 Å². The third-order valence-electron chi connectivity index (χ3n) is 3.65. The fourth-order valence-corrected chi connectivity index (χ4v) is 3.23. The van der Waals surface area contributed by atoms with Crippen molar-refractivity contribution in [3.63, 3.8) is 0 Å². The Hall–Kier alpha value is -1.12. The van der Waals surface area contributed by atoms with E-state index < -0.39 is 0 Å². The standard InChI is InChI=1S/C16H19NS/c1-12(15-8-5-11-18-15)17-16(14-9-10-14)13-6-3-2-4-7-13/h2-8,11-12,14,16-17H,9-10H2,1H3/t12-,16?/m1/s1. The molecule has 1 heterocycles. The summed E-state index contributed by atoms with van der Waals surface area (Å²) in [7, 11) is 0. The lowest BCUT2D eigenvalue weighted by Gasteiger charge is -2.23. The Morgan fingerprint density at radius 2 is 1.89 bits per heavy atom. The zero-order valence-electron chi connectivity index (χ0n) is 10.7. The summed E-state index contributed by atoms with van der Waals surface area (Å²) in [6.45, 7) is 2.27. The molecule has 1 aliphatic rings. The molecule has 1 unspecified atom stereocenters. The Bertz CT molecular complexity index is 473. The summed E-state index contributed by atoms with van der Waals surface area (Å²) in [5, 5.41) is 5.96. The minimum absolute atomic E-state index is 0.441. The maximum Gasteiger partial charge on any atom is 0.0391 e. The summed E-state index contributed by atoms with van der Waals surface area (Å²) in [6.07, 6.45) is 2.73. The monoisotopic (exact) mass is 257 g/mol. The summed E-state index contributed by atoms with van der Waals surface area (Å²) in [5.41, 5.74) is 1.43. The average molecular weight is 257 g/mol. The number of nitrogens with one attached hydrogen (secondary N) is 1. The van der Waals surface area contributed by atoms with Crippen LogP contribution < -0.4 is 5.32 Å². The van der Waals surface area contributed by atoms with Gasteiger partial charge in [-0.1, -0.05) is 36.4 Å². The van der Waals surface area contributed by atoms with Crippen LogP contribution in [-0.2, 0) is 0 Å². The number of thiophene rings is 1. The van der Waals surface area contributed by atoms with Gasteiger partial charge in [0.15, 0.2) is 0 Å². The van der Waals surface area contributed by atoms with Gasteiger partial charge in [0.05, 0.1) is 0 Å². The maximum atomic E-state index is 3.81. The lowest BCUT2D eigenvalue weighted by Crippen LogP contribution is -2.25. The third kappa shape index (κ3) is 2.65. The van der Waals surface area contributed by atoms with E-state index in [1.807, 2.05) is 11.3 Å². The molecule has 0 radical (unpaired) electrons. The van der Waals surface area contributed by atoms with Gasteiger partial charge >= 0.3 is 0 Å². The van der Waals surface area contributed by atoms with Crippen LogP contribution in [0.2, 0.25) is 0 Å². The van der Waals surface area contributed by atoms with Crippen molar-refractivity contribution in [3.05, 3.63) is 58.3 Å². The molecule has 18 heavy (non-hydrogen) atoms. The van der Waals surface area contributed by atoms with Crippen LogP contribution in [0.3, 0.4) is 0 Å². The van der Waals surface area contributed by atoms with Gasteiger partial charge in [-0.15, -0.1) is 11.3 Å². The van der Waals surface area contributed by atoms with E-state index in [2.05, 4.69) is 60.1 Å². The molecule has 2 heteroatoms. The first-order valence-electron chi connectivity index (χ1n) is 6.69. The third-order valence-corrected chi connectivity index (χ3v) is 4.71. The van der Waals surface area contributed by atoms with Crippen LogP contribution in [0, 0.1) is 5.92 Å². The van der Waals surface area contributed by atoms with Crippen molar-refractivity contribution in [3.8, 4) is 0 Å². The minimum Gasteiger partial charge on any atom is -0.302 e. The SMILES string of the molecule is C[C@@H](NC(c1ccccc1)C1CC1)c1cccs1. The molecule has 1 aromatic carbocycles. The van der Waals surface area contributed by atoms with Crippen molar-refractivity contribution in [2.24, 2.45) is 5.92 Å². The summed E-state index contributed by atoms with van der Waals surface area (Å²) < 4.78 is 0. The molecule has 0 spiro atoms. The molecule has 1 nitrogen and oxygen atoms in total. The molecular weight excluding hydrogens is 238 g/mol. The van der Waals surface area contributed by atoms with Gasteiger partial charge in [0.2, 0.25) is 0 Å². The van der Waals surface area contributed by atoms with E-state index in [0.717, 1.165) is 5.92 Å². The van der Waals surface area contributed by atoms with Crippen LogP contribution in [0.25, 0.3) is 0 Å². The van der Waals surface area contributed by atoms with Crippen LogP contribution in [0.5, 0.6) is 0 Å². The zero-order chi connectivity index (χ0) is 12.4. The molecule has 2 aromatic rings. The van der Waals surface area contributed by atoms with E-state index in [0.29, 0.717) is 12.1 Å². The molecule has 1 N–H and O–H groups in total. The predicted molar refractivity (Wildman–Crippen MR) is 77.8 cm³/mol. The fourth-order valence-electron chi connectivity index (χ4n) is 2.48. The second kappa shape index (κ2) is 5.25. The van der Waals surface area contributed by atoms with Crippen molar-refractivity contribution >= 4 is 11.3 Å². The second-order valence-corrected chi connectivity index (χ2v) is 6.11. The van der Waals surface area contributed by atoms with Gasteiger partial charge in [-0.3, -0.25) is 0 Å².